The van der Waals surface area contributed by atoms with Crippen LogP contribution in [0.15, 0.2) is 47.5 Å². The fourth-order valence-electron chi connectivity index (χ4n) is 4.42. The van der Waals surface area contributed by atoms with Crippen molar-refractivity contribution in [2.24, 2.45) is 16.6 Å². The molecule has 2 aromatic carbocycles. The average Bonchev–Trinajstić information content (AvgIpc) is 2.93. The third-order valence-electron chi connectivity index (χ3n) is 6.52. The Balaban J connectivity index is 1.24. The highest BCUT2D eigenvalue weighted by molar-refractivity contribution is 6.31. The van der Waals surface area contributed by atoms with Crippen LogP contribution >= 0.6 is 11.6 Å². The lowest BCUT2D eigenvalue weighted by atomic mass is 9.93. The van der Waals surface area contributed by atoms with Gasteiger partial charge in [-0.3, -0.25) is 19.9 Å². The summed E-state index contributed by atoms with van der Waals surface area (Å²) in [6.45, 7) is 6.35. The zero-order valence-electron chi connectivity index (χ0n) is 23.9. The highest BCUT2D eigenvalue weighted by atomic mass is 35.5. The van der Waals surface area contributed by atoms with Crippen LogP contribution in [0.4, 0.5) is 11.6 Å². The number of aliphatic imine (C=N–C) groups is 1. The van der Waals surface area contributed by atoms with Crippen molar-refractivity contribution < 1.29 is 19.1 Å². The number of carbonyl (C=O) groups excluding carboxylic acids is 2. The van der Waals surface area contributed by atoms with Crippen LogP contribution in [0.25, 0.3) is 11.1 Å². The number of nitrogen functional groups attached to an aromatic ring is 2. The second kappa shape index (κ2) is 13.1. The van der Waals surface area contributed by atoms with Crippen molar-refractivity contribution in [2.45, 2.75) is 52.1 Å². The van der Waals surface area contributed by atoms with E-state index in [0.29, 0.717) is 19.6 Å². The van der Waals surface area contributed by atoms with E-state index in [1.54, 1.807) is 0 Å². The molecule has 1 aliphatic heterocycles. The van der Waals surface area contributed by atoms with Crippen molar-refractivity contribution >= 4 is 41.1 Å². The Morgan fingerprint density at radius 1 is 1.07 bits per heavy atom. The molecule has 0 saturated heterocycles. The molecular weight excluding hydrogens is 558 g/mol. The predicted octanol–water partition coefficient (Wildman–Crippen LogP) is 3.92. The normalized spacial score (nSPS) is 15.0. The summed E-state index contributed by atoms with van der Waals surface area (Å²) < 4.78 is 11.5. The summed E-state index contributed by atoms with van der Waals surface area (Å²) in [5.41, 5.74) is 20.7. The maximum Gasteiger partial charge on any atom is 0.313 e. The summed E-state index contributed by atoms with van der Waals surface area (Å²) in [6, 6.07) is 14.5. The second-order valence-electron chi connectivity index (χ2n) is 11.1. The van der Waals surface area contributed by atoms with Gasteiger partial charge in [0.25, 0.3) is 5.91 Å². The first-order valence-corrected chi connectivity index (χ1v) is 14.0. The molecule has 1 unspecified atom stereocenters. The number of ether oxygens (including phenoxy) is 2. The smallest absolute Gasteiger partial charge is 0.313 e. The van der Waals surface area contributed by atoms with Crippen LogP contribution in [0.2, 0.25) is 5.15 Å². The van der Waals surface area contributed by atoms with Crippen molar-refractivity contribution in [1.29, 1.82) is 0 Å². The molecule has 0 fully saturated rings. The first kappa shape index (κ1) is 30.6. The quantitative estimate of drug-likeness (QED) is 0.130. The van der Waals surface area contributed by atoms with Gasteiger partial charge in [0.15, 0.2) is 28.4 Å². The van der Waals surface area contributed by atoms with E-state index < -0.39 is 11.5 Å². The predicted molar refractivity (Wildman–Crippen MR) is 163 cm³/mol. The largest absolute Gasteiger partial charge is 0.492 e. The molecule has 0 saturated carbocycles. The first-order chi connectivity index (χ1) is 19.9. The monoisotopic (exact) mass is 593 g/mol. The number of fused-ring (bicyclic) bond motifs is 1. The van der Waals surface area contributed by atoms with Crippen LogP contribution < -0.4 is 27.3 Å². The summed E-state index contributed by atoms with van der Waals surface area (Å²) in [7, 11) is 0. The minimum Gasteiger partial charge on any atom is -0.492 e. The molecule has 3 aromatic rings. The Bertz CT molecular complexity index is 1490. The standard InChI is InChI=1S/C30H36ClN7O4/c1-30(2,3)42-28(40)21-14-20-12-11-19(15-22(20)41-16-21)18-9-7-17(8-10-18)6-4-5-13-35-29(34)38-27(39)23-25(32)37-26(33)24(31)36-23/h7-12,15,21H,4-6,13-14,16H2,1-3H3,(H4,32,33,37)(H3,34,35,38,39). The van der Waals surface area contributed by atoms with Gasteiger partial charge in [0.1, 0.15) is 18.0 Å². The van der Waals surface area contributed by atoms with E-state index in [-0.39, 0.29) is 40.3 Å². The number of nitrogens with zero attached hydrogens (tertiary/aromatic N) is 3. The SMILES string of the molecule is CC(C)(C)OC(=O)C1COc2cc(-c3ccc(CCCCN=C(N)NC(=O)c4nc(Cl)c(N)nc4N)cc3)ccc2C1. The number of amides is 1. The van der Waals surface area contributed by atoms with Gasteiger partial charge in [0, 0.05) is 6.54 Å². The minimum atomic E-state index is -0.668. The van der Waals surface area contributed by atoms with Crippen LogP contribution in [0.5, 0.6) is 5.75 Å². The highest BCUT2D eigenvalue weighted by Crippen LogP contribution is 2.33. The van der Waals surface area contributed by atoms with Gasteiger partial charge in [-0.2, -0.15) is 0 Å². The van der Waals surface area contributed by atoms with Gasteiger partial charge in [0.05, 0.1) is 5.92 Å². The number of aryl methyl sites for hydroxylation is 1. The third kappa shape index (κ3) is 8.10. The van der Waals surface area contributed by atoms with Crippen molar-refractivity contribution in [3.63, 3.8) is 0 Å². The van der Waals surface area contributed by atoms with Gasteiger partial charge >= 0.3 is 5.97 Å². The molecule has 1 aromatic heterocycles. The number of guanidine groups is 1. The second-order valence-corrected chi connectivity index (χ2v) is 11.4. The van der Waals surface area contributed by atoms with Crippen LogP contribution in [0.1, 0.15) is 55.2 Å². The third-order valence-corrected chi connectivity index (χ3v) is 6.80. The van der Waals surface area contributed by atoms with Gasteiger partial charge in [-0.15, -0.1) is 0 Å². The van der Waals surface area contributed by atoms with E-state index in [1.165, 1.54) is 5.56 Å². The molecule has 1 atom stereocenters. The Labute approximate surface area is 249 Å². The zero-order chi connectivity index (χ0) is 30.4. The molecule has 0 aliphatic carbocycles. The number of anilines is 2. The molecular formula is C30H36ClN7O4. The number of halogens is 1. The molecule has 4 rings (SSSR count). The number of nitrogens with one attached hydrogen (secondary N) is 1. The summed E-state index contributed by atoms with van der Waals surface area (Å²) in [4.78, 5) is 36.6. The molecule has 7 N–H and O–H groups in total. The summed E-state index contributed by atoms with van der Waals surface area (Å²) in [5.74, 6) is -0.650. The lowest BCUT2D eigenvalue weighted by Gasteiger charge is -2.28. The number of benzene rings is 2. The van der Waals surface area contributed by atoms with Crippen molar-refractivity contribution in [1.82, 2.24) is 15.3 Å². The lowest BCUT2D eigenvalue weighted by molar-refractivity contribution is -0.161. The van der Waals surface area contributed by atoms with E-state index >= 15 is 0 Å². The van der Waals surface area contributed by atoms with E-state index in [4.69, 9.17) is 38.3 Å². The highest BCUT2D eigenvalue weighted by Gasteiger charge is 2.30. The first-order valence-electron chi connectivity index (χ1n) is 13.7. The molecule has 1 aliphatic rings. The maximum atomic E-state index is 12.5. The van der Waals surface area contributed by atoms with Gasteiger partial charge in [-0.25, -0.2) is 9.97 Å². The molecule has 0 radical (unpaired) electrons. The van der Waals surface area contributed by atoms with Crippen LogP contribution in [0.3, 0.4) is 0 Å². The van der Waals surface area contributed by atoms with Crippen molar-refractivity contribution in [3.05, 3.63) is 64.4 Å². The van der Waals surface area contributed by atoms with Crippen molar-refractivity contribution in [3.8, 4) is 16.9 Å². The van der Waals surface area contributed by atoms with E-state index in [0.717, 1.165) is 41.7 Å². The zero-order valence-corrected chi connectivity index (χ0v) is 24.7. The molecule has 42 heavy (non-hydrogen) atoms. The fourth-order valence-corrected chi connectivity index (χ4v) is 4.54. The number of hydrogen-bond donors (Lipinski definition) is 4. The Kier molecular flexibility index (Phi) is 9.52. The molecule has 222 valence electrons. The van der Waals surface area contributed by atoms with Gasteiger partial charge < -0.3 is 26.7 Å². The Morgan fingerprint density at radius 2 is 1.79 bits per heavy atom. The van der Waals surface area contributed by atoms with Gasteiger partial charge in [0.2, 0.25) is 0 Å². The van der Waals surface area contributed by atoms with Gasteiger partial charge in [-0.05, 0) is 74.8 Å². The minimum absolute atomic E-state index is 0.0482. The van der Waals surface area contributed by atoms with Crippen LogP contribution in [-0.4, -0.2) is 46.6 Å². The Hall–Kier alpha value is -4.38. The van der Waals surface area contributed by atoms with Gasteiger partial charge in [-0.1, -0.05) is 48.0 Å². The summed E-state index contributed by atoms with van der Waals surface area (Å²) in [5, 5.41) is 2.30. The van der Waals surface area contributed by atoms with Crippen LogP contribution in [-0.2, 0) is 22.4 Å². The Morgan fingerprint density at radius 3 is 2.50 bits per heavy atom. The van der Waals surface area contributed by atoms with E-state index in [2.05, 4.69) is 50.6 Å². The van der Waals surface area contributed by atoms with Crippen molar-refractivity contribution in [2.75, 3.05) is 24.6 Å². The molecule has 1 amide bonds. The topological polar surface area (TPSA) is 181 Å². The molecule has 11 nitrogen and oxygen atoms in total. The lowest BCUT2D eigenvalue weighted by Crippen LogP contribution is -2.38. The number of aromatic nitrogens is 2. The molecule has 0 bridgehead atoms. The molecule has 2 heterocycles. The number of esters is 1. The summed E-state index contributed by atoms with van der Waals surface area (Å²) in [6.07, 6.45) is 3.14. The number of rotatable bonds is 8. The summed E-state index contributed by atoms with van der Waals surface area (Å²) >= 11 is 5.81. The molecule has 12 heteroatoms. The van der Waals surface area contributed by atoms with E-state index in [1.807, 2.05) is 32.9 Å². The van der Waals surface area contributed by atoms with Crippen LogP contribution in [0, 0.1) is 5.92 Å². The number of carbonyl (C=O) groups is 2. The van der Waals surface area contributed by atoms with E-state index in [9.17, 15) is 9.59 Å². The average molecular weight is 594 g/mol. The maximum absolute atomic E-state index is 12.5. The number of unbranched alkanes of at least 4 members (excludes halogenated alkanes) is 1. The molecule has 0 spiro atoms. The number of hydrogen-bond acceptors (Lipinski definition) is 9. The number of nitrogens with two attached hydrogens (primary N) is 3. The fraction of sp³-hybridized carbons (Fsp3) is 0.367.